The average Bonchev–Trinajstić information content (AvgIpc) is 3.34. The van der Waals surface area contributed by atoms with Crippen molar-refractivity contribution < 1.29 is 27.5 Å². The molecule has 5 heterocycles. The van der Waals surface area contributed by atoms with Crippen LogP contribution in [0.5, 0.6) is 0 Å². The number of pyridine rings is 1. The maximum atomic E-state index is 13.0. The Balaban J connectivity index is 1.28. The quantitative estimate of drug-likeness (QED) is 0.375. The summed E-state index contributed by atoms with van der Waals surface area (Å²) in [6.45, 7) is 0.917. The van der Waals surface area contributed by atoms with Gasteiger partial charge in [-0.15, -0.1) is 0 Å². The zero-order valence-corrected chi connectivity index (χ0v) is 21.1. The number of ether oxygens (including phenoxy) is 1. The lowest BCUT2D eigenvalue weighted by Crippen LogP contribution is -2.50. The molecule has 2 amide bonds. The predicted molar refractivity (Wildman–Crippen MR) is 138 cm³/mol. The molecule has 2 aliphatic heterocycles. The second kappa shape index (κ2) is 9.81. The highest BCUT2D eigenvalue weighted by atomic mass is 19.4. The van der Waals surface area contributed by atoms with E-state index >= 15 is 0 Å². The molecule has 3 N–H and O–H groups in total. The number of cyclic esters (lactones) is 1. The fourth-order valence-corrected chi connectivity index (χ4v) is 5.35. The van der Waals surface area contributed by atoms with E-state index in [1.807, 2.05) is 4.40 Å². The number of nitrogen functional groups attached to an aromatic ring is 1. The SMILES string of the molecule is Nc1nccn2c([C@H]3CC[C@@H]4CCOC(=O)N4C3)nc(-c3ccc(C(=O)Nc4cc(C(F)(F)F)ccn4)cc3)c12. The van der Waals surface area contributed by atoms with Crippen molar-refractivity contribution in [1.29, 1.82) is 0 Å². The molecular weight excluding hydrogens is 527 g/mol. The molecule has 0 unspecified atom stereocenters. The van der Waals surface area contributed by atoms with Crippen LogP contribution >= 0.6 is 0 Å². The lowest BCUT2D eigenvalue weighted by molar-refractivity contribution is -0.137. The Labute approximate surface area is 226 Å². The van der Waals surface area contributed by atoms with E-state index in [9.17, 15) is 22.8 Å². The van der Waals surface area contributed by atoms with Gasteiger partial charge in [0.05, 0.1) is 12.2 Å². The van der Waals surface area contributed by atoms with Crippen LogP contribution in [0, 0.1) is 0 Å². The third-order valence-corrected chi connectivity index (χ3v) is 7.34. The van der Waals surface area contributed by atoms with Crippen molar-refractivity contribution in [3.63, 3.8) is 0 Å². The number of halogens is 3. The number of benzene rings is 1. The van der Waals surface area contributed by atoms with Crippen molar-refractivity contribution in [2.45, 2.75) is 37.4 Å². The van der Waals surface area contributed by atoms with Crippen molar-refractivity contribution in [2.75, 3.05) is 24.2 Å². The van der Waals surface area contributed by atoms with Crippen LogP contribution in [0.15, 0.2) is 55.0 Å². The second-order valence-electron chi connectivity index (χ2n) is 9.79. The van der Waals surface area contributed by atoms with Crippen LogP contribution in [-0.2, 0) is 10.9 Å². The third kappa shape index (κ3) is 4.67. The Morgan fingerprint density at radius 3 is 2.65 bits per heavy atom. The first-order valence-electron chi connectivity index (χ1n) is 12.7. The van der Waals surface area contributed by atoms with Gasteiger partial charge < -0.3 is 20.7 Å². The molecule has 0 spiro atoms. The molecule has 3 aromatic heterocycles. The van der Waals surface area contributed by atoms with Gasteiger partial charge in [-0.05, 0) is 37.1 Å². The van der Waals surface area contributed by atoms with Gasteiger partial charge in [0.1, 0.15) is 28.7 Å². The number of nitrogens with one attached hydrogen (secondary N) is 1. The summed E-state index contributed by atoms with van der Waals surface area (Å²) in [4.78, 5) is 39.8. The molecule has 0 radical (unpaired) electrons. The minimum absolute atomic E-state index is 0.0463. The number of nitrogens with two attached hydrogens (primary N) is 1. The summed E-state index contributed by atoms with van der Waals surface area (Å²) >= 11 is 0. The fourth-order valence-electron chi connectivity index (χ4n) is 5.35. The van der Waals surface area contributed by atoms with E-state index in [1.165, 1.54) is 0 Å². The molecule has 10 nitrogen and oxygen atoms in total. The Morgan fingerprint density at radius 1 is 1.07 bits per heavy atom. The summed E-state index contributed by atoms with van der Waals surface area (Å²) in [6, 6.07) is 8.24. The van der Waals surface area contributed by atoms with Crippen molar-refractivity contribution >= 4 is 29.2 Å². The molecule has 1 aromatic carbocycles. The van der Waals surface area contributed by atoms with Crippen LogP contribution in [0.2, 0.25) is 0 Å². The molecule has 0 saturated carbocycles. The van der Waals surface area contributed by atoms with Gasteiger partial charge in [-0.2, -0.15) is 13.2 Å². The summed E-state index contributed by atoms with van der Waals surface area (Å²) in [5, 5.41) is 2.40. The summed E-state index contributed by atoms with van der Waals surface area (Å²) < 4.78 is 46.1. The largest absolute Gasteiger partial charge is 0.449 e. The van der Waals surface area contributed by atoms with E-state index in [0.717, 1.165) is 43.4 Å². The molecule has 206 valence electrons. The minimum atomic E-state index is -4.55. The highest BCUT2D eigenvalue weighted by Crippen LogP contribution is 2.37. The number of fused-ring (bicyclic) bond motifs is 2. The number of aromatic nitrogens is 4. The number of carbonyl (C=O) groups is 2. The van der Waals surface area contributed by atoms with Crippen LogP contribution in [-0.4, -0.2) is 55.4 Å². The van der Waals surface area contributed by atoms with Crippen LogP contribution < -0.4 is 11.1 Å². The third-order valence-electron chi connectivity index (χ3n) is 7.34. The summed E-state index contributed by atoms with van der Waals surface area (Å²) in [7, 11) is 0. The van der Waals surface area contributed by atoms with E-state index in [4.69, 9.17) is 15.5 Å². The molecule has 0 aliphatic carbocycles. The van der Waals surface area contributed by atoms with Crippen LogP contribution in [0.1, 0.15) is 46.9 Å². The maximum absolute atomic E-state index is 13.0. The standard InChI is InChI=1S/C27H24F3N7O3/c28-27(29,30)18-7-9-32-20(13-18)34-25(38)16-3-1-15(2-4-16)21-22-23(31)33-10-11-36(22)24(35-21)17-5-6-19-8-12-40-26(39)37(19)14-17/h1-4,7,9-11,13,17,19H,5-6,8,12,14H2,(H2,31,33)(H,32,34,38)/t17-,19+/m0/s1. The van der Waals surface area contributed by atoms with Gasteiger partial charge in [0, 0.05) is 54.6 Å². The molecular formula is C27H24F3N7O3. The number of hydrogen-bond donors (Lipinski definition) is 2. The predicted octanol–water partition coefficient (Wildman–Crippen LogP) is 4.73. The number of rotatable bonds is 4. The first kappa shape index (κ1) is 25.6. The zero-order valence-electron chi connectivity index (χ0n) is 21.1. The lowest BCUT2D eigenvalue weighted by atomic mass is 9.90. The molecule has 2 atom stereocenters. The molecule has 40 heavy (non-hydrogen) atoms. The van der Waals surface area contributed by atoms with Crippen LogP contribution in [0.25, 0.3) is 16.8 Å². The van der Waals surface area contributed by atoms with Gasteiger partial charge in [0.15, 0.2) is 0 Å². The van der Waals surface area contributed by atoms with Crippen molar-refractivity contribution in [3.05, 3.63) is 71.9 Å². The van der Waals surface area contributed by atoms with Crippen molar-refractivity contribution in [1.82, 2.24) is 24.3 Å². The first-order chi connectivity index (χ1) is 19.2. The Hall–Kier alpha value is -4.68. The monoisotopic (exact) mass is 551 g/mol. The Kier molecular flexibility index (Phi) is 6.28. The molecule has 4 aromatic rings. The summed E-state index contributed by atoms with van der Waals surface area (Å²) in [5.74, 6) is 0.156. The minimum Gasteiger partial charge on any atom is -0.449 e. The topological polar surface area (TPSA) is 128 Å². The van der Waals surface area contributed by atoms with Gasteiger partial charge >= 0.3 is 12.3 Å². The Morgan fingerprint density at radius 2 is 1.88 bits per heavy atom. The van der Waals surface area contributed by atoms with Crippen LogP contribution in [0.3, 0.4) is 0 Å². The van der Waals surface area contributed by atoms with E-state index in [2.05, 4.69) is 15.3 Å². The normalized spacial score (nSPS) is 19.3. The smallest absolute Gasteiger partial charge is 0.416 e. The average molecular weight is 552 g/mol. The molecule has 13 heteroatoms. The molecule has 6 rings (SSSR count). The van der Waals surface area contributed by atoms with Gasteiger partial charge in [-0.1, -0.05) is 12.1 Å². The molecule has 2 fully saturated rings. The lowest BCUT2D eigenvalue weighted by Gasteiger charge is -2.41. The number of piperidine rings is 1. The van der Waals surface area contributed by atoms with Crippen molar-refractivity contribution in [2.24, 2.45) is 0 Å². The van der Waals surface area contributed by atoms with Gasteiger partial charge in [-0.25, -0.2) is 19.7 Å². The first-order valence-corrected chi connectivity index (χ1v) is 12.7. The number of hydrogen-bond acceptors (Lipinski definition) is 7. The number of imidazole rings is 1. The number of amides is 2. The van der Waals surface area contributed by atoms with E-state index in [-0.39, 0.29) is 35.3 Å². The number of carbonyl (C=O) groups excluding carboxylic acids is 2. The van der Waals surface area contributed by atoms with Gasteiger partial charge in [0.2, 0.25) is 0 Å². The van der Waals surface area contributed by atoms with Gasteiger partial charge in [-0.3, -0.25) is 9.20 Å². The van der Waals surface area contributed by atoms with E-state index in [1.54, 1.807) is 41.6 Å². The van der Waals surface area contributed by atoms with E-state index < -0.39 is 17.6 Å². The number of nitrogens with zero attached hydrogens (tertiary/aromatic N) is 5. The zero-order chi connectivity index (χ0) is 28.0. The highest BCUT2D eigenvalue weighted by molar-refractivity contribution is 6.04. The second-order valence-corrected chi connectivity index (χ2v) is 9.79. The fraction of sp³-hybridized carbons (Fsp3) is 0.296. The number of anilines is 2. The maximum Gasteiger partial charge on any atom is 0.416 e. The molecule has 2 aliphatic rings. The van der Waals surface area contributed by atoms with Gasteiger partial charge in [0.25, 0.3) is 5.91 Å². The molecule has 0 bridgehead atoms. The van der Waals surface area contributed by atoms with Crippen molar-refractivity contribution in [3.8, 4) is 11.3 Å². The summed E-state index contributed by atoms with van der Waals surface area (Å²) in [5.41, 5.74) is 7.41. The number of alkyl halides is 3. The summed E-state index contributed by atoms with van der Waals surface area (Å²) in [6.07, 6.45) is 2.00. The van der Waals surface area contributed by atoms with E-state index in [0.29, 0.717) is 29.9 Å². The molecule has 2 saturated heterocycles. The Bertz CT molecular complexity index is 1600. The highest BCUT2D eigenvalue weighted by Gasteiger charge is 2.38. The van der Waals surface area contributed by atoms with Crippen LogP contribution in [0.4, 0.5) is 29.6 Å².